The number of nitrogens with zero attached hydrogens (tertiary/aromatic N) is 1. The third-order valence-electron chi connectivity index (χ3n) is 6.86. The molecule has 29 heavy (non-hydrogen) atoms. The summed E-state index contributed by atoms with van der Waals surface area (Å²) >= 11 is 0. The van der Waals surface area contributed by atoms with Crippen molar-refractivity contribution in [2.45, 2.75) is 11.2 Å². The van der Waals surface area contributed by atoms with Crippen molar-refractivity contribution in [1.82, 2.24) is 4.90 Å². The molecule has 3 aliphatic rings. The summed E-state index contributed by atoms with van der Waals surface area (Å²) in [6, 6.07) is 27.7. The zero-order valence-electron chi connectivity index (χ0n) is 15.9. The molecular weight excluding hydrogens is 362 g/mol. The first-order valence-electron chi connectivity index (χ1n) is 9.85. The molecule has 4 atom stereocenters. The van der Waals surface area contributed by atoms with E-state index in [1.54, 1.807) is 7.05 Å². The predicted molar refractivity (Wildman–Crippen MR) is 107 cm³/mol. The van der Waals surface area contributed by atoms with Gasteiger partial charge in [-0.1, -0.05) is 84.9 Å². The van der Waals surface area contributed by atoms with Gasteiger partial charge in [0.2, 0.25) is 11.8 Å². The second-order valence-electron chi connectivity index (χ2n) is 8.04. The molecule has 142 valence electrons. The number of fused-ring (bicyclic) bond motifs is 8. The van der Waals surface area contributed by atoms with E-state index in [0.29, 0.717) is 0 Å². The second-order valence-corrected chi connectivity index (χ2v) is 8.04. The molecule has 2 amide bonds. The monoisotopic (exact) mass is 381 g/mol. The summed E-state index contributed by atoms with van der Waals surface area (Å²) in [6.07, 6.45) is 0. The Hall–Kier alpha value is -3.24. The molecule has 0 aliphatic carbocycles. The minimum Gasteiger partial charge on any atom is -0.348 e. The minimum absolute atomic E-state index is 0.170. The van der Waals surface area contributed by atoms with Gasteiger partial charge < -0.3 is 4.74 Å². The van der Waals surface area contributed by atoms with Crippen LogP contribution in [-0.2, 0) is 25.5 Å². The molecule has 0 spiro atoms. The number of rotatable bonds is 2. The number of imide groups is 1. The Kier molecular flexibility index (Phi) is 3.12. The molecule has 4 nitrogen and oxygen atoms in total. The van der Waals surface area contributed by atoms with E-state index in [1.165, 1.54) is 4.90 Å². The fourth-order valence-electron chi connectivity index (χ4n) is 5.74. The quantitative estimate of drug-likeness (QED) is 0.639. The number of benzene rings is 3. The van der Waals surface area contributed by atoms with E-state index in [-0.39, 0.29) is 11.8 Å². The van der Waals surface area contributed by atoms with Gasteiger partial charge in [-0.15, -0.1) is 0 Å². The molecule has 3 aromatic rings. The number of ether oxygens (including phenoxy) is 1. The first-order chi connectivity index (χ1) is 14.1. The van der Waals surface area contributed by atoms with Crippen LogP contribution in [-0.4, -0.2) is 23.8 Å². The SMILES string of the molecule is CN1C(=O)C2C(C1=O)C1(c3ccccc3)OC2(c2ccccc2)c2ccccc21. The molecule has 4 unspecified atom stereocenters. The van der Waals surface area contributed by atoms with Crippen molar-refractivity contribution in [1.29, 1.82) is 0 Å². The van der Waals surface area contributed by atoms with Crippen LogP contribution in [0, 0.1) is 11.8 Å². The third-order valence-corrected chi connectivity index (χ3v) is 6.86. The minimum atomic E-state index is -0.976. The van der Waals surface area contributed by atoms with Gasteiger partial charge in [0, 0.05) is 7.05 Å². The van der Waals surface area contributed by atoms with Crippen LogP contribution in [0.25, 0.3) is 0 Å². The molecule has 2 saturated heterocycles. The maximum absolute atomic E-state index is 13.4. The van der Waals surface area contributed by atoms with Gasteiger partial charge in [0.05, 0.1) is 11.8 Å². The van der Waals surface area contributed by atoms with Gasteiger partial charge in [-0.2, -0.15) is 0 Å². The number of carbonyl (C=O) groups is 2. The van der Waals surface area contributed by atoms with Crippen LogP contribution < -0.4 is 0 Å². The molecule has 0 N–H and O–H groups in total. The maximum atomic E-state index is 13.4. The Bertz CT molecular complexity index is 1070. The Morgan fingerprint density at radius 1 is 0.655 bits per heavy atom. The lowest BCUT2D eigenvalue weighted by atomic mass is 9.61. The van der Waals surface area contributed by atoms with Crippen molar-refractivity contribution < 1.29 is 14.3 Å². The number of hydrogen-bond donors (Lipinski definition) is 0. The van der Waals surface area contributed by atoms with Crippen molar-refractivity contribution in [3.8, 4) is 0 Å². The van der Waals surface area contributed by atoms with Gasteiger partial charge in [0.15, 0.2) is 0 Å². The van der Waals surface area contributed by atoms with E-state index >= 15 is 0 Å². The topological polar surface area (TPSA) is 46.6 Å². The Morgan fingerprint density at radius 3 is 1.45 bits per heavy atom. The highest BCUT2D eigenvalue weighted by Crippen LogP contribution is 2.70. The lowest BCUT2D eigenvalue weighted by molar-refractivity contribution is -0.146. The number of hydrogen-bond acceptors (Lipinski definition) is 3. The summed E-state index contributed by atoms with van der Waals surface area (Å²) in [6.45, 7) is 0. The van der Waals surface area contributed by atoms with Crippen molar-refractivity contribution in [2.75, 3.05) is 7.05 Å². The Balaban J connectivity index is 1.75. The predicted octanol–water partition coefficient (Wildman–Crippen LogP) is 3.45. The zero-order valence-corrected chi connectivity index (χ0v) is 15.9. The smallest absolute Gasteiger partial charge is 0.236 e. The normalized spacial score (nSPS) is 31.8. The summed E-state index contributed by atoms with van der Waals surface area (Å²) in [5.41, 5.74) is 1.83. The molecule has 0 aromatic heterocycles. The van der Waals surface area contributed by atoms with E-state index in [1.807, 2.05) is 84.9 Å². The van der Waals surface area contributed by atoms with Crippen molar-refractivity contribution >= 4 is 11.8 Å². The van der Waals surface area contributed by atoms with Crippen LogP contribution in [0.2, 0.25) is 0 Å². The first kappa shape index (κ1) is 16.7. The largest absolute Gasteiger partial charge is 0.348 e. The summed E-state index contributed by atoms with van der Waals surface area (Å²) in [4.78, 5) is 28.0. The van der Waals surface area contributed by atoms with E-state index in [4.69, 9.17) is 4.74 Å². The van der Waals surface area contributed by atoms with Gasteiger partial charge in [-0.3, -0.25) is 14.5 Å². The summed E-state index contributed by atoms with van der Waals surface area (Å²) in [5.74, 6) is -1.51. The molecule has 6 rings (SSSR count). The Labute approximate surface area is 168 Å². The average Bonchev–Trinajstić information content (AvgIpc) is 3.36. The standard InChI is InChI=1S/C25H19NO3/c1-26-22(27)20-21(23(26)28)25(17-12-6-3-7-13-17)19-15-9-8-14-18(19)24(20,29-25)16-10-4-2-5-11-16/h2-15,20-21H,1H3. The molecule has 0 radical (unpaired) electrons. The zero-order chi connectivity index (χ0) is 19.8. The fraction of sp³-hybridized carbons (Fsp3) is 0.200. The van der Waals surface area contributed by atoms with Gasteiger partial charge in [-0.05, 0) is 22.3 Å². The third kappa shape index (κ3) is 1.74. The summed E-state index contributed by atoms with van der Waals surface area (Å²) < 4.78 is 6.98. The van der Waals surface area contributed by atoms with Gasteiger partial charge in [-0.25, -0.2) is 0 Å². The molecular formula is C25H19NO3. The number of likely N-dealkylation sites (tertiary alicyclic amines) is 1. The first-order valence-corrected chi connectivity index (χ1v) is 9.85. The highest BCUT2D eigenvalue weighted by molar-refractivity contribution is 6.08. The molecule has 3 heterocycles. The molecule has 0 saturated carbocycles. The number of carbonyl (C=O) groups excluding carboxylic acids is 2. The van der Waals surface area contributed by atoms with Crippen LogP contribution in [0.3, 0.4) is 0 Å². The van der Waals surface area contributed by atoms with Crippen LogP contribution in [0.15, 0.2) is 84.9 Å². The summed E-state index contributed by atoms with van der Waals surface area (Å²) in [5, 5.41) is 0. The molecule has 3 aliphatic heterocycles. The van der Waals surface area contributed by atoms with Gasteiger partial charge in [0.1, 0.15) is 11.2 Å². The van der Waals surface area contributed by atoms with Crippen LogP contribution >= 0.6 is 0 Å². The van der Waals surface area contributed by atoms with Crippen LogP contribution in [0.4, 0.5) is 0 Å². The molecule has 2 bridgehead atoms. The van der Waals surface area contributed by atoms with E-state index < -0.39 is 23.0 Å². The van der Waals surface area contributed by atoms with Crippen LogP contribution in [0.1, 0.15) is 22.3 Å². The fourth-order valence-corrected chi connectivity index (χ4v) is 5.74. The molecule has 2 fully saturated rings. The van der Waals surface area contributed by atoms with E-state index in [0.717, 1.165) is 22.3 Å². The Morgan fingerprint density at radius 2 is 1.03 bits per heavy atom. The van der Waals surface area contributed by atoms with Crippen molar-refractivity contribution in [3.63, 3.8) is 0 Å². The van der Waals surface area contributed by atoms with Crippen molar-refractivity contribution in [3.05, 3.63) is 107 Å². The van der Waals surface area contributed by atoms with Crippen LogP contribution in [0.5, 0.6) is 0 Å². The highest BCUT2D eigenvalue weighted by atomic mass is 16.5. The van der Waals surface area contributed by atoms with E-state index in [9.17, 15) is 9.59 Å². The number of amides is 2. The van der Waals surface area contributed by atoms with Crippen molar-refractivity contribution in [2.24, 2.45) is 11.8 Å². The average molecular weight is 381 g/mol. The maximum Gasteiger partial charge on any atom is 0.236 e. The van der Waals surface area contributed by atoms with Gasteiger partial charge >= 0.3 is 0 Å². The van der Waals surface area contributed by atoms with E-state index in [2.05, 4.69) is 0 Å². The molecule has 3 aromatic carbocycles. The summed E-state index contributed by atoms with van der Waals surface area (Å²) in [7, 11) is 1.59. The van der Waals surface area contributed by atoms with Gasteiger partial charge in [0.25, 0.3) is 0 Å². The second kappa shape index (κ2) is 5.43. The lowest BCUT2D eigenvalue weighted by Gasteiger charge is -2.34. The highest BCUT2D eigenvalue weighted by Gasteiger charge is 2.78. The lowest BCUT2D eigenvalue weighted by Crippen LogP contribution is -2.42. The molecule has 4 heteroatoms.